The molecule has 0 fully saturated rings. The predicted octanol–water partition coefficient (Wildman–Crippen LogP) is 6.02. The number of Topliss-reactive ketones (excluding diaryl/α,β-unsaturated/α-hetero) is 1. The number of rotatable bonds is 12. The Morgan fingerprint density at radius 3 is 1.92 bits per heavy atom. The topological polar surface area (TPSA) is 17.1 Å². The zero-order chi connectivity index (χ0) is 17.7. The lowest BCUT2D eigenvalue weighted by molar-refractivity contribution is -0.119. The number of carbonyl (C=O) groups is 1. The highest BCUT2D eigenvalue weighted by atomic mass is 27.1. The fourth-order valence-corrected chi connectivity index (χ4v) is 5.10. The summed E-state index contributed by atoms with van der Waals surface area (Å²) in [6, 6.07) is 20.5. The van der Waals surface area contributed by atoms with Crippen molar-refractivity contribution in [2.45, 2.75) is 61.9 Å². The molecule has 0 atom stereocenters. The lowest BCUT2D eigenvalue weighted by Gasteiger charge is -2.17. The molecule has 0 amide bonds. The highest BCUT2D eigenvalue weighted by Crippen LogP contribution is 2.27. The van der Waals surface area contributed by atoms with Crippen molar-refractivity contribution in [3.63, 3.8) is 0 Å². The van der Waals surface area contributed by atoms with Crippen molar-refractivity contribution in [2.75, 3.05) is 0 Å². The lowest BCUT2D eigenvalue weighted by Crippen LogP contribution is -2.14. The molecule has 0 aliphatic rings. The van der Waals surface area contributed by atoms with E-state index in [1.54, 1.807) is 0 Å². The van der Waals surface area contributed by atoms with Crippen LogP contribution in [0, 0.1) is 0 Å². The van der Waals surface area contributed by atoms with Crippen molar-refractivity contribution in [1.29, 1.82) is 0 Å². The van der Waals surface area contributed by atoms with E-state index in [9.17, 15) is 4.79 Å². The van der Waals surface area contributed by atoms with E-state index in [-0.39, 0.29) is 21.1 Å². The molecule has 0 unspecified atom stereocenters. The van der Waals surface area contributed by atoms with Crippen LogP contribution in [0.3, 0.4) is 0 Å². The molecular weight excluding hydrogens is 319 g/mol. The van der Waals surface area contributed by atoms with Gasteiger partial charge in [0.2, 0.25) is 15.2 Å². The molecule has 1 nitrogen and oxygen atoms in total. The minimum atomic E-state index is -0.103. The second kappa shape index (κ2) is 12.1. The van der Waals surface area contributed by atoms with Crippen molar-refractivity contribution < 1.29 is 4.79 Å². The second-order valence-corrected chi connectivity index (χ2v) is 9.07. The second-order valence-electron chi connectivity index (χ2n) is 6.95. The molecule has 0 heterocycles. The van der Waals surface area contributed by atoms with Crippen LogP contribution in [0.5, 0.6) is 0 Å². The van der Waals surface area contributed by atoms with E-state index < -0.39 is 0 Å². The Balaban J connectivity index is 1.85. The van der Waals surface area contributed by atoms with E-state index in [1.165, 1.54) is 36.2 Å². The van der Waals surface area contributed by atoms with Gasteiger partial charge in [-0.05, 0) is 11.1 Å². The van der Waals surface area contributed by atoms with Gasteiger partial charge in [-0.25, -0.2) is 0 Å². The van der Waals surface area contributed by atoms with Crippen LogP contribution in [-0.2, 0) is 4.79 Å². The largest absolute Gasteiger partial charge is 0.299 e. The van der Waals surface area contributed by atoms with Crippen molar-refractivity contribution in [3.8, 4) is 0 Å². The summed E-state index contributed by atoms with van der Waals surface area (Å²) >= 11 is 0.0380. The number of ketones is 1. The molecule has 0 bridgehead atoms. The number of hydrogen-bond donors (Lipinski definition) is 0. The summed E-state index contributed by atoms with van der Waals surface area (Å²) in [5.41, 5.74) is 2.24. The van der Waals surface area contributed by atoms with E-state index in [2.05, 4.69) is 31.2 Å². The molecule has 0 saturated carbocycles. The van der Waals surface area contributed by atoms with Crippen molar-refractivity contribution >= 4 is 21.0 Å². The highest BCUT2D eigenvalue weighted by molar-refractivity contribution is 6.35. The van der Waals surface area contributed by atoms with Gasteiger partial charge in [-0.15, -0.1) is 0 Å². The average molecular weight is 350 g/mol. The van der Waals surface area contributed by atoms with Gasteiger partial charge in [-0.3, -0.25) is 4.79 Å². The van der Waals surface area contributed by atoms with Gasteiger partial charge in [-0.1, -0.05) is 110 Å². The third kappa shape index (κ3) is 7.19. The average Bonchev–Trinajstić information content (AvgIpc) is 2.66. The van der Waals surface area contributed by atoms with Gasteiger partial charge in [0.25, 0.3) is 0 Å². The molecule has 2 rings (SSSR count). The summed E-state index contributed by atoms with van der Waals surface area (Å²) in [5, 5.41) is 2.77. The highest BCUT2D eigenvalue weighted by Gasteiger charge is 2.21. The predicted molar refractivity (Wildman–Crippen MR) is 110 cm³/mol. The molecule has 0 aliphatic carbocycles. The Morgan fingerprint density at radius 1 is 0.800 bits per heavy atom. The molecular formula is C23H31AlO. The lowest BCUT2D eigenvalue weighted by atomic mass is 9.86. The number of carbonyl (C=O) groups excluding carboxylic acids is 1. The fourth-order valence-electron chi connectivity index (χ4n) is 3.43. The molecule has 0 aromatic heterocycles. The summed E-state index contributed by atoms with van der Waals surface area (Å²) in [7, 11) is 0. The van der Waals surface area contributed by atoms with Gasteiger partial charge in [0, 0.05) is 6.42 Å². The standard InChI is InChI=1S/C17H17O.C6H13.Al.H/c1-2-9-16(18)17(14-10-5-3-6-11-14)15-12-7-4-8-13-15;1-3-5-6-4-2;;/h3-8,10-13,17H,1-2,9H2;1,3-6H2,2H3;;. The molecule has 0 saturated heterocycles. The number of benzene rings is 2. The zero-order valence-corrected chi connectivity index (χ0v) is 17.0. The van der Waals surface area contributed by atoms with E-state index in [0.29, 0.717) is 5.78 Å². The Bertz CT molecular complexity index is 555. The van der Waals surface area contributed by atoms with Crippen LogP contribution in [0.1, 0.15) is 62.5 Å². The van der Waals surface area contributed by atoms with Gasteiger partial charge in [0.1, 0.15) is 5.78 Å². The first-order valence-electron chi connectivity index (χ1n) is 9.95. The minimum Gasteiger partial charge on any atom is -0.299 e. The summed E-state index contributed by atoms with van der Waals surface area (Å²) in [6.07, 6.45) is 7.29. The first-order chi connectivity index (χ1) is 12.3. The van der Waals surface area contributed by atoms with Crippen LogP contribution in [-0.4, -0.2) is 21.0 Å². The number of unbranched alkanes of at least 4 members (excludes halogenated alkanes) is 3. The van der Waals surface area contributed by atoms with Crippen molar-refractivity contribution in [3.05, 3.63) is 71.8 Å². The molecule has 2 aromatic rings. The zero-order valence-electron chi connectivity index (χ0n) is 15.6. The molecule has 2 heteroatoms. The van der Waals surface area contributed by atoms with E-state index >= 15 is 0 Å². The molecule has 0 radical (unpaired) electrons. The van der Waals surface area contributed by atoms with Crippen LogP contribution in [0.25, 0.3) is 0 Å². The maximum Gasteiger partial charge on any atom is 0.236 e. The Kier molecular flexibility index (Phi) is 9.64. The smallest absolute Gasteiger partial charge is 0.236 e. The van der Waals surface area contributed by atoms with Crippen LogP contribution >= 0.6 is 0 Å². The van der Waals surface area contributed by atoms with Gasteiger partial charge in [0.05, 0.1) is 5.92 Å². The molecule has 0 spiro atoms. The van der Waals surface area contributed by atoms with E-state index in [0.717, 1.165) is 24.0 Å². The molecule has 132 valence electrons. The monoisotopic (exact) mass is 350 g/mol. The molecule has 0 aliphatic heterocycles. The van der Waals surface area contributed by atoms with Gasteiger partial charge < -0.3 is 0 Å². The number of hydrogen-bond acceptors (Lipinski definition) is 1. The quantitative estimate of drug-likeness (QED) is 0.338. The SMILES string of the molecule is CCCCC[CH2][AlH][CH2]CCC(=O)C(c1ccccc1)c1ccccc1. The van der Waals surface area contributed by atoms with Gasteiger partial charge >= 0.3 is 0 Å². The fraction of sp³-hybridized carbons (Fsp3) is 0.435. The third-order valence-electron chi connectivity index (χ3n) is 4.86. The summed E-state index contributed by atoms with van der Waals surface area (Å²) in [4.78, 5) is 12.9. The first kappa shape index (κ1) is 20.0. The summed E-state index contributed by atoms with van der Waals surface area (Å²) < 4.78 is 0. The molecule has 2 aromatic carbocycles. The first-order valence-corrected chi connectivity index (χ1v) is 12.0. The van der Waals surface area contributed by atoms with Crippen molar-refractivity contribution in [2.24, 2.45) is 0 Å². The van der Waals surface area contributed by atoms with Crippen LogP contribution in [0.2, 0.25) is 10.6 Å². The molecule has 25 heavy (non-hydrogen) atoms. The Hall–Kier alpha value is -1.36. The maximum atomic E-state index is 12.9. The van der Waals surface area contributed by atoms with Gasteiger partial charge in [-0.2, -0.15) is 0 Å². The van der Waals surface area contributed by atoms with Gasteiger partial charge in [0.15, 0.2) is 0 Å². The van der Waals surface area contributed by atoms with E-state index in [4.69, 9.17) is 0 Å². The third-order valence-corrected chi connectivity index (χ3v) is 6.86. The van der Waals surface area contributed by atoms with Crippen molar-refractivity contribution in [1.82, 2.24) is 0 Å². The minimum absolute atomic E-state index is 0.0380. The Morgan fingerprint density at radius 2 is 1.36 bits per heavy atom. The van der Waals surface area contributed by atoms with Crippen LogP contribution in [0.4, 0.5) is 0 Å². The maximum absolute atomic E-state index is 12.9. The van der Waals surface area contributed by atoms with E-state index in [1.807, 2.05) is 36.4 Å². The Labute approximate surface area is 159 Å². The summed E-state index contributed by atoms with van der Waals surface area (Å²) in [5.74, 6) is 0.269. The molecule has 0 N–H and O–H groups in total. The summed E-state index contributed by atoms with van der Waals surface area (Å²) in [6.45, 7) is 2.26. The van der Waals surface area contributed by atoms with Crippen LogP contribution < -0.4 is 0 Å². The normalized spacial score (nSPS) is 10.8. The van der Waals surface area contributed by atoms with Crippen LogP contribution in [0.15, 0.2) is 60.7 Å².